The van der Waals surface area contributed by atoms with E-state index in [1.165, 1.54) is 23.5 Å². The molecule has 0 aromatic carbocycles. The molecule has 4 N–H and O–H groups in total. The lowest BCUT2D eigenvalue weighted by Crippen LogP contribution is -2.07. The summed E-state index contributed by atoms with van der Waals surface area (Å²) in [6.07, 6.45) is 4.28. The number of nitrogens with zero attached hydrogens (tertiary/aromatic N) is 4. The highest BCUT2D eigenvalue weighted by molar-refractivity contribution is 8.13. The van der Waals surface area contributed by atoms with E-state index in [0.29, 0.717) is 16.8 Å². The van der Waals surface area contributed by atoms with Gasteiger partial charge in [-0.1, -0.05) is 23.5 Å². The fraction of sp³-hybridized carbons (Fsp3) is 0.556. The SMILES string of the molecule is CS/C(N)=N/N=C(\C)C/C(C)=N/N=C(\N)SC. The summed E-state index contributed by atoms with van der Waals surface area (Å²) in [6.45, 7) is 3.72. The standard InChI is InChI=1S/C9H18N6S2/c1-6(12-14-8(10)16-3)5-7(2)13-15-9(11)17-4/h5H2,1-4H3,(H2,10,14)(H2,11,15)/b12-6+,13-7+. The monoisotopic (exact) mass is 274 g/mol. The highest BCUT2D eigenvalue weighted by Crippen LogP contribution is 1.97. The van der Waals surface area contributed by atoms with E-state index in [2.05, 4.69) is 20.4 Å². The molecule has 0 unspecified atom stereocenters. The molecule has 0 aromatic rings. The Balaban J connectivity index is 4.44. The Morgan fingerprint density at radius 2 is 1.18 bits per heavy atom. The molecule has 0 aliphatic rings. The molecular weight excluding hydrogens is 256 g/mol. The molecule has 0 fully saturated rings. The van der Waals surface area contributed by atoms with Crippen LogP contribution in [0.25, 0.3) is 0 Å². The summed E-state index contributed by atoms with van der Waals surface area (Å²) < 4.78 is 0. The maximum Gasteiger partial charge on any atom is 0.180 e. The van der Waals surface area contributed by atoms with E-state index in [4.69, 9.17) is 11.5 Å². The van der Waals surface area contributed by atoms with Crippen molar-refractivity contribution in [3.05, 3.63) is 0 Å². The number of amidine groups is 2. The van der Waals surface area contributed by atoms with Gasteiger partial charge < -0.3 is 11.5 Å². The molecule has 0 atom stereocenters. The normalized spacial score (nSPS) is 15.3. The highest BCUT2D eigenvalue weighted by atomic mass is 32.2. The predicted octanol–water partition coefficient (Wildman–Crippen LogP) is 1.48. The van der Waals surface area contributed by atoms with Gasteiger partial charge in [0.1, 0.15) is 0 Å². The number of thioether (sulfide) groups is 2. The lowest BCUT2D eigenvalue weighted by Gasteiger charge is -1.97. The molecule has 0 spiro atoms. The maximum absolute atomic E-state index is 5.50. The first-order valence-corrected chi connectivity index (χ1v) is 7.25. The smallest absolute Gasteiger partial charge is 0.180 e. The van der Waals surface area contributed by atoms with Crippen molar-refractivity contribution in [3.63, 3.8) is 0 Å². The molecule has 6 nitrogen and oxygen atoms in total. The van der Waals surface area contributed by atoms with Gasteiger partial charge in [-0.15, -0.1) is 10.2 Å². The molecule has 0 aromatic heterocycles. The molecule has 0 radical (unpaired) electrons. The van der Waals surface area contributed by atoms with E-state index in [1.807, 2.05) is 26.4 Å². The second kappa shape index (κ2) is 9.06. The molecule has 96 valence electrons. The zero-order chi connectivity index (χ0) is 13.3. The van der Waals surface area contributed by atoms with Gasteiger partial charge in [-0.25, -0.2) is 0 Å². The van der Waals surface area contributed by atoms with E-state index in [1.54, 1.807) is 0 Å². The molecule has 8 heteroatoms. The molecule has 17 heavy (non-hydrogen) atoms. The van der Waals surface area contributed by atoms with Crippen LogP contribution < -0.4 is 11.5 Å². The fourth-order valence-corrected chi connectivity index (χ4v) is 1.04. The molecule has 0 aliphatic heterocycles. The van der Waals surface area contributed by atoms with Crippen molar-refractivity contribution in [1.29, 1.82) is 0 Å². The van der Waals surface area contributed by atoms with Gasteiger partial charge >= 0.3 is 0 Å². The van der Waals surface area contributed by atoms with Crippen LogP contribution in [-0.2, 0) is 0 Å². The van der Waals surface area contributed by atoms with E-state index < -0.39 is 0 Å². The van der Waals surface area contributed by atoms with E-state index in [-0.39, 0.29) is 0 Å². The molecule has 0 saturated carbocycles. The van der Waals surface area contributed by atoms with Crippen LogP contribution in [0.4, 0.5) is 0 Å². The quantitative estimate of drug-likeness (QED) is 0.460. The molecular formula is C9H18N6S2. The van der Waals surface area contributed by atoms with Crippen LogP contribution in [0, 0.1) is 0 Å². The Hall–Kier alpha value is -1.02. The van der Waals surface area contributed by atoms with Crippen LogP contribution in [0.2, 0.25) is 0 Å². The summed E-state index contributed by atoms with van der Waals surface area (Å²) in [4.78, 5) is 0. The third-order valence-electron chi connectivity index (χ3n) is 1.57. The van der Waals surface area contributed by atoms with E-state index >= 15 is 0 Å². The largest absolute Gasteiger partial charge is 0.377 e. The molecule has 0 heterocycles. The van der Waals surface area contributed by atoms with E-state index in [9.17, 15) is 0 Å². The van der Waals surface area contributed by atoms with Gasteiger partial charge in [-0.2, -0.15) is 10.2 Å². The molecule has 0 saturated heterocycles. The topological polar surface area (TPSA) is 101 Å². The van der Waals surface area contributed by atoms with Crippen molar-refractivity contribution >= 4 is 45.3 Å². The first-order chi connectivity index (χ1) is 7.99. The molecule has 0 rings (SSSR count). The van der Waals surface area contributed by atoms with Crippen LogP contribution in [-0.4, -0.2) is 34.3 Å². The Bertz CT molecular complexity index is 324. The summed E-state index contributed by atoms with van der Waals surface area (Å²) in [7, 11) is 0. The van der Waals surface area contributed by atoms with Crippen LogP contribution in [0.15, 0.2) is 20.4 Å². The summed E-state index contributed by atoms with van der Waals surface area (Å²) in [6, 6.07) is 0. The third kappa shape index (κ3) is 8.75. The van der Waals surface area contributed by atoms with Crippen molar-refractivity contribution in [2.24, 2.45) is 31.9 Å². The van der Waals surface area contributed by atoms with Crippen molar-refractivity contribution in [1.82, 2.24) is 0 Å². The zero-order valence-corrected chi connectivity index (χ0v) is 12.1. The zero-order valence-electron chi connectivity index (χ0n) is 10.5. The summed E-state index contributed by atoms with van der Waals surface area (Å²) in [5, 5.41) is 16.5. The number of nitrogens with two attached hydrogens (primary N) is 2. The third-order valence-corrected chi connectivity index (χ3v) is 2.57. The van der Waals surface area contributed by atoms with Gasteiger partial charge in [-0.05, 0) is 26.4 Å². The van der Waals surface area contributed by atoms with Crippen molar-refractivity contribution < 1.29 is 0 Å². The molecule has 0 bridgehead atoms. The fourth-order valence-electron chi connectivity index (χ4n) is 0.792. The summed E-state index contributed by atoms with van der Waals surface area (Å²) >= 11 is 2.70. The van der Waals surface area contributed by atoms with E-state index in [0.717, 1.165) is 11.4 Å². The van der Waals surface area contributed by atoms with Crippen molar-refractivity contribution in [2.45, 2.75) is 20.3 Å². The van der Waals surface area contributed by atoms with Crippen LogP contribution in [0.1, 0.15) is 20.3 Å². The lowest BCUT2D eigenvalue weighted by molar-refractivity contribution is 1.18. The Kier molecular flexibility index (Phi) is 8.51. The van der Waals surface area contributed by atoms with Gasteiger partial charge in [0, 0.05) is 17.8 Å². The number of rotatable bonds is 4. The minimum Gasteiger partial charge on any atom is -0.377 e. The second-order valence-corrected chi connectivity index (χ2v) is 4.79. The Labute approximate surface area is 110 Å². The lowest BCUT2D eigenvalue weighted by atomic mass is 10.2. The van der Waals surface area contributed by atoms with Crippen molar-refractivity contribution in [2.75, 3.05) is 12.5 Å². The summed E-state index contributed by atoms with van der Waals surface area (Å²) in [5.41, 5.74) is 12.6. The average molecular weight is 274 g/mol. The number of hydrogen-bond donors (Lipinski definition) is 2. The van der Waals surface area contributed by atoms with Gasteiger partial charge in [-0.3, -0.25) is 0 Å². The Morgan fingerprint density at radius 3 is 1.47 bits per heavy atom. The van der Waals surface area contributed by atoms with Gasteiger partial charge in [0.15, 0.2) is 10.3 Å². The number of hydrogen-bond acceptors (Lipinski definition) is 6. The predicted molar refractivity (Wildman–Crippen MR) is 81.1 cm³/mol. The molecule has 0 aliphatic carbocycles. The Morgan fingerprint density at radius 1 is 0.824 bits per heavy atom. The van der Waals surface area contributed by atoms with Gasteiger partial charge in [0.25, 0.3) is 0 Å². The van der Waals surface area contributed by atoms with Crippen LogP contribution in [0.3, 0.4) is 0 Å². The molecule has 0 amide bonds. The van der Waals surface area contributed by atoms with Crippen molar-refractivity contribution in [3.8, 4) is 0 Å². The second-order valence-electron chi connectivity index (χ2n) is 3.13. The van der Waals surface area contributed by atoms with Crippen LogP contribution >= 0.6 is 23.5 Å². The minimum atomic E-state index is 0.434. The first-order valence-electron chi connectivity index (χ1n) is 4.80. The van der Waals surface area contributed by atoms with Gasteiger partial charge in [0.2, 0.25) is 0 Å². The maximum atomic E-state index is 5.50. The first kappa shape index (κ1) is 16.0. The van der Waals surface area contributed by atoms with Gasteiger partial charge in [0.05, 0.1) is 0 Å². The van der Waals surface area contributed by atoms with Crippen LogP contribution in [0.5, 0.6) is 0 Å². The average Bonchev–Trinajstić information content (AvgIpc) is 2.32. The minimum absolute atomic E-state index is 0.434. The summed E-state index contributed by atoms with van der Waals surface area (Å²) in [5.74, 6) is 0. The highest BCUT2D eigenvalue weighted by Gasteiger charge is 1.96.